The molecule has 2 aromatic carbocycles. The molecule has 1 N–H and O–H groups in total. The molecular formula is C17H15BrO2. The van der Waals surface area contributed by atoms with Crippen molar-refractivity contribution in [1.82, 2.24) is 0 Å². The summed E-state index contributed by atoms with van der Waals surface area (Å²) < 4.78 is 0.928. The molecule has 0 amide bonds. The fourth-order valence-electron chi connectivity index (χ4n) is 1.95. The average molecular weight is 331 g/mol. The number of rotatable bonds is 4. The third kappa shape index (κ3) is 3.58. The van der Waals surface area contributed by atoms with Crippen molar-refractivity contribution in [3.63, 3.8) is 0 Å². The molecule has 0 aliphatic carbocycles. The highest BCUT2D eigenvalue weighted by molar-refractivity contribution is 9.10. The third-order valence-corrected chi connectivity index (χ3v) is 3.56. The fraction of sp³-hybridized carbons (Fsp3) is 0.118. The molecule has 0 saturated heterocycles. The smallest absolute Gasteiger partial charge is 0.336 e. The van der Waals surface area contributed by atoms with Gasteiger partial charge in [-0.3, -0.25) is 0 Å². The zero-order chi connectivity index (χ0) is 14.5. The van der Waals surface area contributed by atoms with Crippen LogP contribution in [-0.4, -0.2) is 11.1 Å². The van der Waals surface area contributed by atoms with E-state index in [1.807, 2.05) is 48.5 Å². The molecule has 0 atom stereocenters. The van der Waals surface area contributed by atoms with Crippen LogP contribution in [0.3, 0.4) is 0 Å². The van der Waals surface area contributed by atoms with Crippen LogP contribution in [-0.2, 0) is 11.2 Å². The van der Waals surface area contributed by atoms with Gasteiger partial charge in [-0.25, -0.2) is 4.79 Å². The van der Waals surface area contributed by atoms with Crippen molar-refractivity contribution in [2.75, 3.05) is 0 Å². The van der Waals surface area contributed by atoms with Crippen LogP contribution in [0.5, 0.6) is 0 Å². The van der Waals surface area contributed by atoms with Crippen molar-refractivity contribution >= 4 is 33.5 Å². The Morgan fingerprint density at radius 1 is 1.20 bits per heavy atom. The van der Waals surface area contributed by atoms with Crippen LogP contribution in [0.2, 0.25) is 0 Å². The number of hydrogen-bond acceptors (Lipinski definition) is 1. The zero-order valence-corrected chi connectivity index (χ0v) is 12.7. The van der Waals surface area contributed by atoms with Gasteiger partial charge in [0.15, 0.2) is 0 Å². The van der Waals surface area contributed by atoms with Gasteiger partial charge in [-0.2, -0.15) is 0 Å². The molecule has 102 valence electrons. The summed E-state index contributed by atoms with van der Waals surface area (Å²) in [5.41, 5.74) is 3.07. The van der Waals surface area contributed by atoms with E-state index in [1.165, 1.54) is 5.56 Å². The number of carboxylic acid groups (broad SMARTS) is 1. The summed E-state index contributed by atoms with van der Waals surface area (Å²) in [4.78, 5) is 11.5. The molecule has 0 aliphatic heterocycles. The van der Waals surface area contributed by atoms with Crippen LogP contribution < -0.4 is 0 Å². The van der Waals surface area contributed by atoms with E-state index in [9.17, 15) is 9.90 Å². The minimum absolute atomic E-state index is 0.297. The summed E-state index contributed by atoms with van der Waals surface area (Å²) in [6, 6.07) is 15.2. The average Bonchev–Trinajstić information content (AvgIpc) is 2.45. The summed E-state index contributed by atoms with van der Waals surface area (Å²) >= 11 is 3.39. The summed E-state index contributed by atoms with van der Waals surface area (Å²) in [6.45, 7) is 2.07. The van der Waals surface area contributed by atoms with Gasteiger partial charge in [-0.15, -0.1) is 0 Å². The molecule has 0 bridgehead atoms. The molecule has 20 heavy (non-hydrogen) atoms. The molecule has 2 rings (SSSR count). The Kier molecular flexibility index (Phi) is 4.74. The van der Waals surface area contributed by atoms with E-state index in [4.69, 9.17) is 0 Å². The van der Waals surface area contributed by atoms with E-state index in [2.05, 4.69) is 22.9 Å². The third-order valence-electron chi connectivity index (χ3n) is 3.06. The molecule has 0 spiro atoms. The molecule has 3 heteroatoms. The molecule has 0 radical (unpaired) electrons. The van der Waals surface area contributed by atoms with E-state index in [1.54, 1.807) is 6.08 Å². The van der Waals surface area contributed by atoms with Crippen molar-refractivity contribution in [3.8, 4) is 0 Å². The topological polar surface area (TPSA) is 37.3 Å². The molecule has 0 aromatic heterocycles. The van der Waals surface area contributed by atoms with Crippen molar-refractivity contribution in [2.24, 2.45) is 0 Å². The second-order valence-electron chi connectivity index (χ2n) is 4.47. The maximum Gasteiger partial charge on any atom is 0.336 e. The van der Waals surface area contributed by atoms with Crippen LogP contribution in [0.4, 0.5) is 0 Å². The first kappa shape index (κ1) is 14.5. The van der Waals surface area contributed by atoms with Crippen LogP contribution in [0.1, 0.15) is 23.6 Å². The van der Waals surface area contributed by atoms with E-state index in [0.29, 0.717) is 5.57 Å². The van der Waals surface area contributed by atoms with Crippen LogP contribution >= 0.6 is 15.9 Å². The number of carboxylic acids is 1. The predicted octanol–water partition coefficient (Wildman–Crippen LogP) is 4.64. The molecule has 0 aliphatic rings. The van der Waals surface area contributed by atoms with Crippen molar-refractivity contribution < 1.29 is 9.90 Å². The Bertz CT molecular complexity index is 642. The highest BCUT2D eigenvalue weighted by atomic mass is 79.9. The molecule has 0 saturated carbocycles. The summed E-state index contributed by atoms with van der Waals surface area (Å²) in [7, 11) is 0. The minimum atomic E-state index is -0.922. The second kappa shape index (κ2) is 6.53. The monoisotopic (exact) mass is 330 g/mol. The first-order valence-electron chi connectivity index (χ1n) is 6.40. The number of carbonyl (C=O) groups is 1. The fourth-order valence-corrected chi connectivity index (χ4v) is 2.37. The lowest BCUT2D eigenvalue weighted by Crippen LogP contribution is -1.99. The van der Waals surface area contributed by atoms with E-state index < -0.39 is 5.97 Å². The van der Waals surface area contributed by atoms with Gasteiger partial charge in [0, 0.05) is 4.47 Å². The first-order valence-corrected chi connectivity index (χ1v) is 7.19. The largest absolute Gasteiger partial charge is 0.478 e. The maximum atomic E-state index is 11.5. The van der Waals surface area contributed by atoms with Crippen molar-refractivity contribution in [1.29, 1.82) is 0 Å². The maximum absolute atomic E-state index is 11.5. The van der Waals surface area contributed by atoms with Gasteiger partial charge in [0.05, 0.1) is 5.57 Å². The Hall–Kier alpha value is -1.87. The van der Waals surface area contributed by atoms with Crippen LogP contribution in [0, 0.1) is 0 Å². The minimum Gasteiger partial charge on any atom is -0.478 e. The van der Waals surface area contributed by atoms with E-state index in [0.717, 1.165) is 22.0 Å². The molecule has 2 aromatic rings. The SMILES string of the molecule is CCc1ccc(/C(=C/c2cccc(Br)c2)C(=O)O)cc1. The lowest BCUT2D eigenvalue weighted by atomic mass is 10.0. The number of halogens is 1. The Balaban J connectivity index is 2.42. The van der Waals surface area contributed by atoms with E-state index in [-0.39, 0.29) is 0 Å². The summed E-state index contributed by atoms with van der Waals surface area (Å²) in [5, 5.41) is 9.40. The number of benzene rings is 2. The number of hydrogen-bond donors (Lipinski definition) is 1. The van der Waals surface area contributed by atoms with Crippen LogP contribution in [0.25, 0.3) is 11.6 Å². The predicted molar refractivity (Wildman–Crippen MR) is 85.5 cm³/mol. The van der Waals surface area contributed by atoms with Crippen LogP contribution in [0.15, 0.2) is 53.0 Å². The summed E-state index contributed by atoms with van der Waals surface area (Å²) in [6.07, 6.45) is 2.63. The Labute approximate surface area is 126 Å². The van der Waals surface area contributed by atoms with Gasteiger partial charge in [0.2, 0.25) is 0 Å². The van der Waals surface area contributed by atoms with Gasteiger partial charge in [-0.1, -0.05) is 59.3 Å². The van der Waals surface area contributed by atoms with Gasteiger partial charge in [0.1, 0.15) is 0 Å². The molecular weight excluding hydrogens is 316 g/mol. The molecule has 0 unspecified atom stereocenters. The molecule has 0 heterocycles. The quantitative estimate of drug-likeness (QED) is 0.655. The van der Waals surface area contributed by atoms with Gasteiger partial charge >= 0.3 is 5.97 Å². The normalized spacial score (nSPS) is 11.4. The summed E-state index contributed by atoms with van der Waals surface area (Å²) in [5.74, 6) is -0.922. The van der Waals surface area contributed by atoms with Gasteiger partial charge in [-0.05, 0) is 41.3 Å². The standard InChI is InChI=1S/C17H15BrO2/c1-2-12-6-8-14(9-7-12)16(17(19)20)11-13-4-3-5-15(18)10-13/h3-11H,2H2,1H3,(H,19,20)/b16-11-. The molecule has 0 fully saturated rings. The van der Waals surface area contributed by atoms with Gasteiger partial charge in [0.25, 0.3) is 0 Å². The zero-order valence-electron chi connectivity index (χ0n) is 11.1. The van der Waals surface area contributed by atoms with Crippen molar-refractivity contribution in [2.45, 2.75) is 13.3 Å². The lowest BCUT2D eigenvalue weighted by Gasteiger charge is -2.05. The first-order chi connectivity index (χ1) is 9.60. The highest BCUT2D eigenvalue weighted by Gasteiger charge is 2.10. The number of aliphatic carboxylic acids is 1. The van der Waals surface area contributed by atoms with E-state index >= 15 is 0 Å². The lowest BCUT2D eigenvalue weighted by molar-refractivity contribution is -0.130. The highest BCUT2D eigenvalue weighted by Crippen LogP contribution is 2.21. The Morgan fingerprint density at radius 2 is 1.90 bits per heavy atom. The second-order valence-corrected chi connectivity index (χ2v) is 5.38. The number of aryl methyl sites for hydroxylation is 1. The molecule has 2 nitrogen and oxygen atoms in total. The van der Waals surface area contributed by atoms with Gasteiger partial charge < -0.3 is 5.11 Å². The van der Waals surface area contributed by atoms with Crippen molar-refractivity contribution in [3.05, 3.63) is 69.7 Å². The Morgan fingerprint density at radius 3 is 2.45 bits per heavy atom.